The molecule has 0 aliphatic carbocycles. The lowest BCUT2D eigenvalue weighted by atomic mass is 10.1. The Morgan fingerprint density at radius 1 is 1.12 bits per heavy atom. The van der Waals surface area contributed by atoms with Crippen molar-refractivity contribution in [2.24, 2.45) is 0 Å². The van der Waals surface area contributed by atoms with Gasteiger partial charge in [0.05, 0.1) is 0 Å². The Morgan fingerprint density at radius 2 is 1.88 bits per heavy atom. The Balaban J connectivity index is 1.61. The van der Waals surface area contributed by atoms with Crippen molar-refractivity contribution in [3.63, 3.8) is 0 Å². The van der Waals surface area contributed by atoms with Gasteiger partial charge in [-0.15, -0.1) is 0 Å². The molecule has 2 amide bonds. The largest absolute Gasteiger partial charge is 0.353 e. The molecule has 0 unspecified atom stereocenters. The number of likely N-dealkylation sites (tertiary alicyclic amines) is 1. The molecule has 3 rings (SSSR count). The molecule has 2 heterocycles. The van der Waals surface area contributed by atoms with E-state index in [1.807, 2.05) is 25.1 Å². The summed E-state index contributed by atoms with van der Waals surface area (Å²) in [7, 11) is 0. The second kappa shape index (κ2) is 8.48. The van der Waals surface area contributed by atoms with Crippen molar-refractivity contribution < 1.29 is 9.59 Å². The second-order valence-corrected chi connectivity index (χ2v) is 7.12. The first-order valence-corrected chi connectivity index (χ1v) is 9.57. The summed E-state index contributed by atoms with van der Waals surface area (Å²) in [6.07, 6.45) is 6.06. The summed E-state index contributed by atoms with van der Waals surface area (Å²) in [4.78, 5) is 29.3. The van der Waals surface area contributed by atoms with Crippen molar-refractivity contribution in [3.8, 4) is 0 Å². The first-order chi connectivity index (χ1) is 12.2. The number of rotatable bonds is 5. The molecule has 136 valence electrons. The van der Waals surface area contributed by atoms with Crippen LogP contribution in [-0.2, 0) is 16.0 Å². The molecule has 1 aromatic carbocycles. The van der Waals surface area contributed by atoms with Gasteiger partial charge < -0.3 is 10.2 Å². The second-order valence-electron chi connectivity index (χ2n) is 7.12. The van der Waals surface area contributed by atoms with E-state index in [4.69, 9.17) is 0 Å². The SMILES string of the molecule is C[C@H](C(=O)NCCN1CCCCC1)N1C(=O)CCCc2ccccc21. The Hall–Kier alpha value is -1.88. The van der Waals surface area contributed by atoms with Gasteiger partial charge in [-0.25, -0.2) is 0 Å². The van der Waals surface area contributed by atoms with E-state index in [9.17, 15) is 9.59 Å². The topological polar surface area (TPSA) is 52.7 Å². The van der Waals surface area contributed by atoms with Gasteiger partial charge in [0.15, 0.2) is 0 Å². The summed E-state index contributed by atoms with van der Waals surface area (Å²) in [5, 5.41) is 3.02. The van der Waals surface area contributed by atoms with Gasteiger partial charge in [-0.1, -0.05) is 24.6 Å². The number of nitrogens with one attached hydrogen (secondary N) is 1. The van der Waals surface area contributed by atoms with Crippen molar-refractivity contribution in [2.75, 3.05) is 31.1 Å². The van der Waals surface area contributed by atoms with Crippen molar-refractivity contribution >= 4 is 17.5 Å². The quantitative estimate of drug-likeness (QED) is 0.893. The highest BCUT2D eigenvalue weighted by molar-refractivity contribution is 6.01. The lowest BCUT2D eigenvalue weighted by Crippen LogP contribution is -2.49. The molecule has 5 nitrogen and oxygen atoms in total. The third-order valence-corrected chi connectivity index (χ3v) is 5.30. The van der Waals surface area contributed by atoms with Crippen LogP contribution >= 0.6 is 0 Å². The first kappa shape index (κ1) is 17.9. The zero-order valence-corrected chi connectivity index (χ0v) is 15.2. The van der Waals surface area contributed by atoms with Crippen molar-refractivity contribution in [3.05, 3.63) is 29.8 Å². The predicted molar refractivity (Wildman–Crippen MR) is 99.6 cm³/mol. The van der Waals surface area contributed by atoms with Crippen LogP contribution in [0.15, 0.2) is 24.3 Å². The number of carbonyl (C=O) groups excluding carboxylic acids is 2. The van der Waals surface area contributed by atoms with Crippen molar-refractivity contribution in [1.29, 1.82) is 0 Å². The highest BCUT2D eigenvalue weighted by Gasteiger charge is 2.30. The van der Waals surface area contributed by atoms with E-state index in [2.05, 4.69) is 16.3 Å². The van der Waals surface area contributed by atoms with Crippen LogP contribution < -0.4 is 10.2 Å². The normalized spacial score (nSPS) is 19.9. The Kier molecular flexibility index (Phi) is 6.08. The number of hydrogen-bond acceptors (Lipinski definition) is 3. The Labute approximate surface area is 150 Å². The maximum absolute atomic E-state index is 12.6. The summed E-state index contributed by atoms with van der Waals surface area (Å²) in [6, 6.07) is 7.47. The number of benzene rings is 1. The number of aryl methyl sites for hydroxylation is 1. The fraction of sp³-hybridized carbons (Fsp3) is 0.600. The fourth-order valence-electron chi connectivity index (χ4n) is 3.85. The number of carbonyl (C=O) groups is 2. The van der Waals surface area contributed by atoms with E-state index < -0.39 is 6.04 Å². The molecule has 2 aliphatic heterocycles. The van der Waals surface area contributed by atoms with Crippen LogP contribution in [0.25, 0.3) is 0 Å². The molecular weight excluding hydrogens is 314 g/mol. The number of nitrogens with zero attached hydrogens (tertiary/aromatic N) is 2. The van der Waals surface area contributed by atoms with Crippen molar-refractivity contribution in [2.45, 2.75) is 51.5 Å². The number of fused-ring (bicyclic) bond motifs is 1. The van der Waals surface area contributed by atoms with Gasteiger partial charge in [-0.2, -0.15) is 0 Å². The molecule has 0 bridgehead atoms. The lowest BCUT2D eigenvalue weighted by molar-refractivity contribution is -0.126. The molecule has 2 aliphatic rings. The Bertz CT molecular complexity index is 611. The maximum Gasteiger partial charge on any atom is 0.242 e. The molecule has 1 aromatic rings. The van der Waals surface area contributed by atoms with E-state index in [1.165, 1.54) is 19.3 Å². The summed E-state index contributed by atoms with van der Waals surface area (Å²) >= 11 is 0. The minimum atomic E-state index is -0.479. The Morgan fingerprint density at radius 3 is 2.68 bits per heavy atom. The highest BCUT2D eigenvalue weighted by Crippen LogP contribution is 2.28. The minimum Gasteiger partial charge on any atom is -0.353 e. The minimum absolute atomic E-state index is 0.0450. The number of hydrogen-bond donors (Lipinski definition) is 1. The van der Waals surface area contributed by atoms with Crippen molar-refractivity contribution in [1.82, 2.24) is 10.2 Å². The average molecular weight is 343 g/mol. The first-order valence-electron chi connectivity index (χ1n) is 9.57. The molecule has 1 atom stereocenters. The number of piperidine rings is 1. The van der Waals surface area contributed by atoms with Crippen LogP contribution in [0.1, 0.15) is 44.6 Å². The average Bonchev–Trinajstić information content (AvgIpc) is 2.80. The van der Waals surface area contributed by atoms with Gasteiger partial charge in [0, 0.05) is 25.2 Å². The van der Waals surface area contributed by atoms with Gasteiger partial charge in [0.25, 0.3) is 0 Å². The van der Waals surface area contributed by atoms with Crippen LogP contribution in [0.5, 0.6) is 0 Å². The standard InChI is InChI=1S/C20H29N3O2/c1-16(20(25)21-12-15-22-13-5-2-6-14-22)23-18-10-4-3-8-17(18)9-7-11-19(23)24/h3-4,8,10,16H,2,5-7,9,11-15H2,1H3,(H,21,25)/t16-/m1/s1. The highest BCUT2D eigenvalue weighted by atomic mass is 16.2. The number of amides is 2. The van der Waals surface area contributed by atoms with Gasteiger partial charge in [0.1, 0.15) is 6.04 Å². The van der Waals surface area contributed by atoms with E-state index in [-0.39, 0.29) is 11.8 Å². The summed E-state index contributed by atoms with van der Waals surface area (Å²) in [6.45, 7) is 5.62. The number of para-hydroxylation sites is 1. The lowest BCUT2D eigenvalue weighted by Gasteiger charge is -2.30. The monoisotopic (exact) mass is 343 g/mol. The van der Waals surface area contributed by atoms with Gasteiger partial charge in [0.2, 0.25) is 11.8 Å². The van der Waals surface area contributed by atoms with Crippen LogP contribution in [0.4, 0.5) is 5.69 Å². The summed E-state index contributed by atoms with van der Waals surface area (Å²) < 4.78 is 0. The molecule has 1 saturated heterocycles. The summed E-state index contributed by atoms with van der Waals surface area (Å²) in [5.41, 5.74) is 2.05. The molecule has 0 aromatic heterocycles. The molecule has 0 saturated carbocycles. The molecule has 5 heteroatoms. The zero-order valence-electron chi connectivity index (χ0n) is 15.2. The summed E-state index contributed by atoms with van der Waals surface area (Å²) in [5.74, 6) is -0.0225. The zero-order chi connectivity index (χ0) is 17.6. The van der Waals surface area contributed by atoms with E-state index in [0.717, 1.165) is 43.7 Å². The van der Waals surface area contributed by atoms with Crippen LogP contribution in [0, 0.1) is 0 Å². The maximum atomic E-state index is 12.6. The molecule has 0 radical (unpaired) electrons. The predicted octanol–water partition coefficient (Wildman–Crippen LogP) is 2.35. The van der Waals surface area contributed by atoms with Crippen LogP contribution in [0.3, 0.4) is 0 Å². The van der Waals surface area contributed by atoms with E-state index in [1.54, 1.807) is 4.90 Å². The van der Waals surface area contributed by atoms with Gasteiger partial charge >= 0.3 is 0 Å². The van der Waals surface area contributed by atoms with Gasteiger partial charge in [-0.05, 0) is 57.3 Å². The van der Waals surface area contributed by atoms with E-state index in [0.29, 0.717) is 13.0 Å². The van der Waals surface area contributed by atoms with E-state index >= 15 is 0 Å². The van der Waals surface area contributed by atoms with Gasteiger partial charge in [-0.3, -0.25) is 14.5 Å². The third-order valence-electron chi connectivity index (χ3n) is 5.30. The molecular formula is C20H29N3O2. The number of anilines is 1. The molecule has 1 N–H and O–H groups in total. The third kappa shape index (κ3) is 4.40. The smallest absolute Gasteiger partial charge is 0.242 e. The molecule has 1 fully saturated rings. The molecule has 25 heavy (non-hydrogen) atoms. The van der Waals surface area contributed by atoms with Crippen LogP contribution in [-0.4, -0.2) is 48.9 Å². The fourth-order valence-corrected chi connectivity index (χ4v) is 3.85. The molecule has 0 spiro atoms. The van der Waals surface area contributed by atoms with Crippen LogP contribution in [0.2, 0.25) is 0 Å².